The van der Waals surface area contributed by atoms with Crippen LogP contribution in [0.2, 0.25) is 0 Å². The highest BCUT2D eigenvalue weighted by atomic mass is 16.7. The van der Waals surface area contributed by atoms with E-state index in [0.29, 0.717) is 11.5 Å². The van der Waals surface area contributed by atoms with Gasteiger partial charge in [0.2, 0.25) is 5.79 Å². The number of ether oxygens (including phenoxy) is 2. The molecule has 1 fully saturated rings. The first kappa shape index (κ1) is 16.5. The van der Waals surface area contributed by atoms with Crippen LogP contribution in [0.5, 0.6) is 0 Å². The lowest BCUT2D eigenvalue weighted by molar-refractivity contribution is -0.149. The van der Waals surface area contributed by atoms with Crippen molar-refractivity contribution < 1.29 is 23.9 Å². The minimum Gasteiger partial charge on any atom is -0.453 e. The SMILES string of the molecule is CC1(C)OC(=CC=C2C(=O)NC(=O)NC2=O)C=C(c2ccccc2)O1. The van der Waals surface area contributed by atoms with Crippen LogP contribution in [0.1, 0.15) is 19.4 Å². The summed E-state index contributed by atoms with van der Waals surface area (Å²) in [4.78, 5) is 34.5. The third kappa shape index (κ3) is 3.77. The molecule has 2 N–H and O–H groups in total. The molecule has 0 aromatic heterocycles. The largest absolute Gasteiger partial charge is 0.453 e. The van der Waals surface area contributed by atoms with Gasteiger partial charge in [-0.15, -0.1) is 0 Å². The molecule has 1 aromatic carbocycles. The van der Waals surface area contributed by atoms with Gasteiger partial charge in [-0.1, -0.05) is 30.3 Å². The highest BCUT2D eigenvalue weighted by Gasteiger charge is 2.30. The molecule has 7 nitrogen and oxygen atoms in total. The number of allylic oxidation sites excluding steroid dienone is 3. The van der Waals surface area contributed by atoms with Gasteiger partial charge < -0.3 is 9.47 Å². The van der Waals surface area contributed by atoms with E-state index in [1.165, 1.54) is 12.2 Å². The Morgan fingerprint density at radius 3 is 2.20 bits per heavy atom. The van der Waals surface area contributed by atoms with Crippen molar-refractivity contribution >= 4 is 23.6 Å². The normalized spacial score (nSPS) is 20.9. The second kappa shape index (κ2) is 6.27. The van der Waals surface area contributed by atoms with Crippen molar-refractivity contribution in [1.29, 1.82) is 0 Å². The quantitative estimate of drug-likeness (QED) is 0.634. The Morgan fingerprint density at radius 1 is 0.920 bits per heavy atom. The molecule has 2 heterocycles. The summed E-state index contributed by atoms with van der Waals surface area (Å²) in [5, 5.41) is 4.02. The number of urea groups is 1. The topological polar surface area (TPSA) is 93.7 Å². The van der Waals surface area contributed by atoms with Crippen molar-refractivity contribution in [1.82, 2.24) is 10.6 Å². The number of carbonyl (C=O) groups excluding carboxylic acids is 3. The van der Waals surface area contributed by atoms with Gasteiger partial charge in [-0.2, -0.15) is 0 Å². The molecule has 0 bridgehead atoms. The highest BCUT2D eigenvalue weighted by molar-refractivity contribution is 6.29. The summed E-state index contributed by atoms with van der Waals surface area (Å²) in [6.45, 7) is 3.51. The minimum absolute atomic E-state index is 0.186. The molecule has 25 heavy (non-hydrogen) atoms. The van der Waals surface area contributed by atoms with E-state index < -0.39 is 23.6 Å². The van der Waals surface area contributed by atoms with Crippen LogP contribution in [0.15, 0.2) is 59.9 Å². The molecule has 0 radical (unpaired) electrons. The molecule has 0 unspecified atom stereocenters. The Labute approximate surface area is 144 Å². The van der Waals surface area contributed by atoms with E-state index in [0.717, 1.165) is 5.56 Å². The number of rotatable bonds is 2. The molecule has 0 atom stereocenters. The van der Waals surface area contributed by atoms with Gasteiger partial charge in [0.05, 0.1) is 0 Å². The van der Waals surface area contributed by atoms with E-state index in [1.807, 2.05) is 41.0 Å². The van der Waals surface area contributed by atoms with Crippen LogP contribution >= 0.6 is 0 Å². The Kier molecular flexibility index (Phi) is 4.14. The van der Waals surface area contributed by atoms with Crippen LogP contribution in [-0.2, 0) is 19.1 Å². The molecular weight excluding hydrogens is 324 g/mol. The van der Waals surface area contributed by atoms with Crippen LogP contribution < -0.4 is 10.6 Å². The van der Waals surface area contributed by atoms with Crippen molar-refractivity contribution in [3.05, 3.63) is 65.5 Å². The maximum atomic E-state index is 11.7. The van der Waals surface area contributed by atoms with E-state index in [-0.39, 0.29) is 5.57 Å². The lowest BCUT2D eigenvalue weighted by Gasteiger charge is -2.33. The summed E-state index contributed by atoms with van der Waals surface area (Å²) in [5.74, 6) is -1.42. The number of nitrogens with one attached hydrogen (secondary N) is 2. The maximum absolute atomic E-state index is 11.7. The zero-order valence-corrected chi connectivity index (χ0v) is 13.7. The fourth-order valence-electron chi connectivity index (χ4n) is 2.38. The number of hydrogen-bond donors (Lipinski definition) is 2. The van der Waals surface area contributed by atoms with Crippen molar-refractivity contribution in [2.45, 2.75) is 19.6 Å². The van der Waals surface area contributed by atoms with Gasteiger partial charge >= 0.3 is 6.03 Å². The molecule has 2 aliphatic rings. The Morgan fingerprint density at radius 2 is 1.56 bits per heavy atom. The van der Waals surface area contributed by atoms with Gasteiger partial charge in [-0.3, -0.25) is 20.2 Å². The fourth-order valence-corrected chi connectivity index (χ4v) is 2.38. The lowest BCUT2D eigenvalue weighted by Crippen LogP contribution is -2.51. The molecule has 3 rings (SSSR count). The van der Waals surface area contributed by atoms with Crippen molar-refractivity contribution in [3.8, 4) is 0 Å². The third-order valence-corrected chi connectivity index (χ3v) is 3.41. The summed E-state index contributed by atoms with van der Waals surface area (Å²) in [5.41, 5.74) is 0.686. The maximum Gasteiger partial charge on any atom is 0.328 e. The first-order valence-corrected chi connectivity index (χ1v) is 7.58. The third-order valence-electron chi connectivity index (χ3n) is 3.41. The average Bonchev–Trinajstić information content (AvgIpc) is 2.53. The second-order valence-electron chi connectivity index (χ2n) is 5.87. The molecular formula is C18H16N2O5. The van der Waals surface area contributed by atoms with Crippen molar-refractivity contribution in [2.75, 3.05) is 0 Å². The smallest absolute Gasteiger partial charge is 0.328 e. The summed E-state index contributed by atoms with van der Waals surface area (Å²) in [7, 11) is 0. The lowest BCUT2D eigenvalue weighted by atomic mass is 10.1. The predicted molar refractivity (Wildman–Crippen MR) is 88.5 cm³/mol. The summed E-state index contributed by atoms with van der Waals surface area (Å²) < 4.78 is 11.5. The van der Waals surface area contributed by atoms with Gasteiger partial charge in [-0.05, 0) is 12.2 Å². The summed E-state index contributed by atoms with van der Waals surface area (Å²) >= 11 is 0. The fraction of sp³-hybridized carbons (Fsp3) is 0.167. The number of hydrogen-bond acceptors (Lipinski definition) is 5. The molecule has 4 amide bonds. The second-order valence-corrected chi connectivity index (χ2v) is 5.87. The van der Waals surface area contributed by atoms with Crippen LogP contribution in [0.4, 0.5) is 4.79 Å². The predicted octanol–water partition coefficient (Wildman–Crippen LogP) is 1.99. The number of amides is 4. The van der Waals surface area contributed by atoms with E-state index in [4.69, 9.17) is 9.47 Å². The number of barbiturate groups is 1. The van der Waals surface area contributed by atoms with E-state index in [2.05, 4.69) is 0 Å². The van der Waals surface area contributed by atoms with Crippen molar-refractivity contribution in [2.24, 2.45) is 0 Å². The van der Waals surface area contributed by atoms with Gasteiger partial charge in [0, 0.05) is 25.5 Å². The number of carbonyl (C=O) groups is 3. The first-order valence-electron chi connectivity index (χ1n) is 7.58. The molecule has 1 saturated heterocycles. The molecule has 0 spiro atoms. The summed E-state index contributed by atoms with van der Waals surface area (Å²) in [6.07, 6.45) is 4.45. The van der Waals surface area contributed by atoms with Gasteiger partial charge in [0.15, 0.2) is 0 Å². The van der Waals surface area contributed by atoms with Gasteiger partial charge in [-0.25, -0.2) is 4.79 Å². The Bertz CT molecular complexity index is 812. The highest BCUT2D eigenvalue weighted by Crippen LogP contribution is 2.32. The van der Waals surface area contributed by atoms with Crippen LogP contribution in [0, 0.1) is 0 Å². The van der Waals surface area contributed by atoms with Gasteiger partial charge in [0.1, 0.15) is 17.1 Å². The number of imide groups is 2. The molecule has 7 heteroatoms. The molecule has 1 aromatic rings. The zero-order valence-electron chi connectivity index (χ0n) is 13.7. The minimum atomic E-state index is -0.919. The zero-order chi connectivity index (χ0) is 18.0. The number of benzene rings is 1. The Balaban J connectivity index is 1.93. The van der Waals surface area contributed by atoms with E-state index in [9.17, 15) is 14.4 Å². The van der Waals surface area contributed by atoms with Crippen molar-refractivity contribution in [3.63, 3.8) is 0 Å². The van der Waals surface area contributed by atoms with E-state index >= 15 is 0 Å². The average molecular weight is 340 g/mol. The Hall–Kier alpha value is -3.35. The first-order chi connectivity index (χ1) is 11.8. The summed E-state index contributed by atoms with van der Waals surface area (Å²) in [6, 6.07) is 8.64. The molecule has 0 aliphatic carbocycles. The monoisotopic (exact) mass is 340 g/mol. The standard InChI is InChI=1S/C18H16N2O5/c1-18(2)24-12(10-14(25-18)11-6-4-3-5-7-11)8-9-13-15(21)19-17(23)20-16(13)22/h3-10H,1-2H3,(H2,19,20,21,22,23). The van der Waals surface area contributed by atoms with Gasteiger partial charge in [0.25, 0.3) is 11.8 Å². The molecule has 128 valence electrons. The molecule has 0 saturated carbocycles. The molecule has 2 aliphatic heterocycles. The van der Waals surface area contributed by atoms with E-state index in [1.54, 1.807) is 19.9 Å². The van der Waals surface area contributed by atoms with Crippen LogP contribution in [-0.4, -0.2) is 23.6 Å². The van der Waals surface area contributed by atoms with Crippen LogP contribution in [0.25, 0.3) is 5.76 Å². The van der Waals surface area contributed by atoms with Crippen LogP contribution in [0.3, 0.4) is 0 Å².